The summed E-state index contributed by atoms with van der Waals surface area (Å²) in [5.74, 6) is 2.42. The van der Waals surface area contributed by atoms with E-state index in [2.05, 4.69) is 15.3 Å². The fraction of sp³-hybridized carbons (Fsp3) is 0.444. The van der Waals surface area contributed by atoms with Gasteiger partial charge in [-0.2, -0.15) is 0 Å². The van der Waals surface area contributed by atoms with E-state index in [1.54, 1.807) is 12.4 Å². The third kappa shape index (κ3) is 3.40. The van der Waals surface area contributed by atoms with Gasteiger partial charge in [0, 0.05) is 25.5 Å². The van der Waals surface area contributed by atoms with Crippen molar-refractivity contribution >= 4 is 6.03 Å². The van der Waals surface area contributed by atoms with Crippen molar-refractivity contribution in [1.29, 1.82) is 0 Å². The molecular weight excluding hydrogens is 320 g/mol. The van der Waals surface area contributed by atoms with Crippen molar-refractivity contribution < 1.29 is 14.3 Å². The van der Waals surface area contributed by atoms with E-state index in [0.717, 1.165) is 55.1 Å². The number of aromatic amines is 1. The lowest BCUT2D eigenvalue weighted by Gasteiger charge is -2.34. The third-order valence-corrected chi connectivity index (χ3v) is 4.73. The predicted molar refractivity (Wildman–Crippen MR) is 91.6 cm³/mol. The molecule has 1 aromatic carbocycles. The number of carbonyl (C=O) groups excluding carboxylic acids is 1. The van der Waals surface area contributed by atoms with Gasteiger partial charge in [0.05, 0.1) is 6.04 Å². The number of hydrogen-bond acceptors (Lipinski definition) is 4. The summed E-state index contributed by atoms with van der Waals surface area (Å²) in [6, 6.07) is 5.90. The lowest BCUT2D eigenvalue weighted by molar-refractivity contribution is 0.148. The number of likely N-dealkylation sites (tertiary alicyclic amines) is 1. The van der Waals surface area contributed by atoms with E-state index >= 15 is 0 Å². The summed E-state index contributed by atoms with van der Waals surface area (Å²) in [6.07, 6.45) is 7.39. The Bertz CT molecular complexity index is 732. The smallest absolute Gasteiger partial charge is 0.318 e. The third-order valence-electron chi connectivity index (χ3n) is 4.73. The van der Waals surface area contributed by atoms with Gasteiger partial charge >= 0.3 is 6.03 Å². The minimum atomic E-state index is -0.0261. The van der Waals surface area contributed by atoms with Crippen LogP contribution in [0.5, 0.6) is 11.5 Å². The predicted octanol–water partition coefficient (Wildman–Crippen LogP) is 2.62. The average Bonchev–Trinajstić information content (AvgIpc) is 3.33. The fourth-order valence-electron chi connectivity index (χ4n) is 3.43. The number of aromatic nitrogens is 2. The summed E-state index contributed by atoms with van der Waals surface area (Å²) in [5.41, 5.74) is 1.12. The fourth-order valence-corrected chi connectivity index (χ4v) is 3.43. The Balaban J connectivity index is 1.33. The molecule has 1 atom stereocenters. The SMILES string of the molecule is O=C(NCCc1ccc2c(c1)OCO2)N1CCCCC1c1ncc[nH]1. The Morgan fingerprint density at radius 2 is 2.24 bits per heavy atom. The highest BCUT2D eigenvalue weighted by molar-refractivity contribution is 5.74. The minimum Gasteiger partial charge on any atom is -0.454 e. The van der Waals surface area contributed by atoms with Crippen molar-refractivity contribution in [2.24, 2.45) is 0 Å². The van der Waals surface area contributed by atoms with E-state index < -0.39 is 0 Å². The summed E-state index contributed by atoms with van der Waals surface area (Å²) < 4.78 is 10.7. The van der Waals surface area contributed by atoms with Crippen LogP contribution in [0, 0.1) is 0 Å². The number of nitrogens with one attached hydrogen (secondary N) is 2. The van der Waals surface area contributed by atoms with Gasteiger partial charge in [0.25, 0.3) is 0 Å². The number of H-pyrrole nitrogens is 1. The molecule has 2 N–H and O–H groups in total. The van der Waals surface area contributed by atoms with E-state index in [4.69, 9.17) is 9.47 Å². The summed E-state index contributed by atoms with van der Waals surface area (Å²) in [5, 5.41) is 3.03. The number of imidazole rings is 1. The summed E-state index contributed by atoms with van der Waals surface area (Å²) in [4.78, 5) is 22.0. The molecule has 7 nitrogen and oxygen atoms in total. The molecule has 1 unspecified atom stereocenters. The molecule has 2 aliphatic rings. The molecule has 0 aliphatic carbocycles. The van der Waals surface area contributed by atoms with Crippen LogP contribution in [0.3, 0.4) is 0 Å². The number of urea groups is 1. The van der Waals surface area contributed by atoms with Crippen LogP contribution >= 0.6 is 0 Å². The molecule has 1 saturated heterocycles. The normalized spacial score (nSPS) is 19.0. The summed E-state index contributed by atoms with van der Waals surface area (Å²) >= 11 is 0. The van der Waals surface area contributed by atoms with E-state index in [-0.39, 0.29) is 18.9 Å². The zero-order valence-corrected chi connectivity index (χ0v) is 14.0. The van der Waals surface area contributed by atoms with Gasteiger partial charge in [-0.25, -0.2) is 9.78 Å². The van der Waals surface area contributed by atoms with Crippen LogP contribution in [-0.4, -0.2) is 40.8 Å². The Kier molecular flexibility index (Phi) is 4.45. The van der Waals surface area contributed by atoms with E-state index in [9.17, 15) is 4.79 Å². The number of benzene rings is 1. The Morgan fingerprint density at radius 1 is 1.32 bits per heavy atom. The monoisotopic (exact) mass is 342 g/mol. The first-order chi connectivity index (χ1) is 12.3. The molecule has 132 valence electrons. The number of carbonyl (C=O) groups is 1. The molecule has 1 fully saturated rings. The quantitative estimate of drug-likeness (QED) is 0.895. The van der Waals surface area contributed by atoms with Crippen molar-refractivity contribution in [2.75, 3.05) is 19.9 Å². The van der Waals surface area contributed by atoms with E-state index in [1.807, 2.05) is 23.1 Å². The molecule has 4 rings (SSSR count). The molecule has 0 spiro atoms. The maximum Gasteiger partial charge on any atom is 0.318 e. The molecule has 3 heterocycles. The highest BCUT2D eigenvalue weighted by Crippen LogP contribution is 2.32. The van der Waals surface area contributed by atoms with Crippen molar-refractivity contribution in [3.63, 3.8) is 0 Å². The second-order valence-electron chi connectivity index (χ2n) is 6.35. The topological polar surface area (TPSA) is 79.5 Å². The lowest BCUT2D eigenvalue weighted by Crippen LogP contribution is -2.45. The number of piperidine rings is 1. The van der Waals surface area contributed by atoms with Gasteiger partial charge in [-0.15, -0.1) is 0 Å². The zero-order chi connectivity index (χ0) is 17.1. The van der Waals surface area contributed by atoms with Crippen molar-refractivity contribution in [3.05, 3.63) is 42.0 Å². The molecule has 0 radical (unpaired) electrons. The largest absolute Gasteiger partial charge is 0.454 e. The van der Waals surface area contributed by atoms with Crippen LogP contribution in [0.25, 0.3) is 0 Å². The van der Waals surface area contributed by atoms with Gasteiger partial charge in [-0.05, 0) is 43.4 Å². The van der Waals surface area contributed by atoms with Gasteiger partial charge in [-0.3, -0.25) is 0 Å². The van der Waals surface area contributed by atoms with Gasteiger partial charge in [0.1, 0.15) is 5.82 Å². The number of hydrogen-bond donors (Lipinski definition) is 2. The zero-order valence-electron chi connectivity index (χ0n) is 14.0. The number of nitrogens with zero attached hydrogens (tertiary/aromatic N) is 2. The first kappa shape index (κ1) is 15.8. The second-order valence-corrected chi connectivity index (χ2v) is 6.35. The lowest BCUT2D eigenvalue weighted by atomic mass is 10.0. The summed E-state index contributed by atoms with van der Waals surface area (Å²) in [6.45, 7) is 1.62. The van der Waals surface area contributed by atoms with Crippen LogP contribution < -0.4 is 14.8 Å². The highest BCUT2D eigenvalue weighted by atomic mass is 16.7. The molecule has 0 bridgehead atoms. The number of fused-ring (bicyclic) bond motifs is 1. The van der Waals surface area contributed by atoms with Crippen molar-refractivity contribution in [1.82, 2.24) is 20.2 Å². The number of ether oxygens (including phenoxy) is 2. The first-order valence-corrected chi connectivity index (χ1v) is 8.73. The Labute approximate surface area is 146 Å². The molecular formula is C18H22N4O3. The van der Waals surface area contributed by atoms with Crippen molar-refractivity contribution in [3.8, 4) is 11.5 Å². The van der Waals surface area contributed by atoms with Gasteiger partial charge in [-0.1, -0.05) is 6.07 Å². The molecule has 0 saturated carbocycles. The van der Waals surface area contributed by atoms with E-state index in [1.165, 1.54) is 0 Å². The van der Waals surface area contributed by atoms with Crippen LogP contribution in [0.2, 0.25) is 0 Å². The van der Waals surface area contributed by atoms with Crippen LogP contribution in [0.15, 0.2) is 30.6 Å². The maximum atomic E-state index is 12.6. The van der Waals surface area contributed by atoms with Crippen molar-refractivity contribution in [2.45, 2.75) is 31.7 Å². The van der Waals surface area contributed by atoms with E-state index in [0.29, 0.717) is 6.54 Å². The highest BCUT2D eigenvalue weighted by Gasteiger charge is 2.29. The van der Waals surface area contributed by atoms with Crippen LogP contribution in [0.1, 0.15) is 36.7 Å². The second kappa shape index (κ2) is 7.04. The average molecular weight is 342 g/mol. The first-order valence-electron chi connectivity index (χ1n) is 8.73. The molecule has 2 aromatic rings. The van der Waals surface area contributed by atoms with Gasteiger partial charge < -0.3 is 24.7 Å². The van der Waals surface area contributed by atoms with Crippen LogP contribution in [-0.2, 0) is 6.42 Å². The minimum absolute atomic E-state index is 0.0261. The Morgan fingerprint density at radius 3 is 3.12 bits per heavy atom. The molecule has 25 heavy (non-hydrogen) atoms. The molecule has 2 aliphatic heterocycles. The Hall–Kier alpha value is -2.70. The molecule has 7 heteroatoms. The van der Waals surface area contributed by atoms with Gasteiger partial charge in [0.2, 0.25) is 6.79 Å². The number of amides is 2. The summed E-state index contributed by atoms with van der Waals surface area (Å²) in [7, 11) is 0. The van der Waals surface area contributed by atoms with Gasteiger partial charge in [0.15, 0.2) is 11.5 Å². The number of rotatable bonds is 4. The molecule has 2 amide bonds. The molecule has 1 aromatic heterocycles. The standard InChI is InChI=1S/C18H22N4O3/c23-18(22-10-2-1-3-14(22)17-19-8-9-20-17)21-7-6-13-4-5-15-16(11-13)25-12-24-15/h4-5,8-9,11,14H,1-3,6-7,10,12H2,(H,19,20)(H,21,23). The maximum absolute atomic E-state index is 12.6. The van der Waals surface area contributed by atoms with Crippen LogP contribution in [0.4, 0.5) is 4.79 Å².